The molecule has 0 bridgehead atoms. The van der Waals surface area contributed by atoms with Crippen molar-refractivity contribution in [3.63, 3.8) is 0 Å². The van der Waals surface area contributed by atoms with Gasteiger partial charge in [-0.2, -0.15) is 0 Å². The van der Waals surface area contributed by atoms with Crippen molar-refractivity contribution in [1.82, 2.24) is 9.88 Å². The molecule has 1 saturated heterocycles. The number of pyridine rings is 1. The number of ether oxygens (including phenoxy) is 1. The number of aromatic amines is 1. The van der Waals surface area contributed by atoms with E-state index in [-0.39, 0.29) is 17.0 Å². The molecular formula is C13H18N2O3. The maximum absolute atomic E-state index is 12.2. The van der Waals surface area contributed by atoms with Gasteiger partial charge in [0.15, 0.2) is 0 Å². The average molecular weight is 250 g/mol. The second-order valence-corrected chi connectivity index (χ2v) is 4.43. The van der Waals surface area contributed by atoms with Gasteiger partial charge in [-0.25, -0.2) is 0 Å². The second kappa shape index (κ2) is 5.35. The standard InChI is InChI=1S/C13H18N2O3/c1-3-11-9(2)8-10(12(16)14-11)13(17)15-4-6-18-7-5-15/h8H,3-7H2,1-2H3,(H,14,16). The molecule has 1 aromatic rings. The Morgan fingerprint density at radius 3 is 2.72 bits per heavy atom. The van der Waals surface area contributed by atoms with Crippen LogP contribution in [0.25, 0.3) is 0 Å². The number of rotatable bonds is 2. The zero-order valence-electron chi connectivity index (χ0n) is 10.8. The van der Waals surface area contributed by atoms with Crippen molar-refractivity contribution >= 4 is 5.91 Å². The lowest BCUT2D eigenvalue weighted by atomic mass is 10.1. The Balaban J connectivity index is 2.30. The van der Waals surface area contributed by atoms with E-state index in [1.165, 1.54) is 0 Å². The topological polar surface area (TPSA) is 62.4 Å². The summed E-state index contributed by atoms with van der Waals surface area (Å²) in [5, 5.41) is 0. The van der Waals surface area contributed by atoms with E-state index in [9.17, 15) is 9.59 Å². The van der Waals surface area contributed by atoms with Crippen LogP contribution >= 0.6 is 0 Å². The van der Waals surface area contributed by atoms with Crippen molar-refractivity contribution in [1.29, 1.82) is 0 Å². The van der Waals surface area contributed by atoms with Crippen molar-refractivity contribution in [3.05, 3.63) is 33.2 Å². The Kier molecular flexibility index (Phi) is 3.81. The molecule has 2 rings (SSSR count). The first-order valence-corrected chi connectivity index (χ1v) is 6.23. The number of H-pyrrole nitrogens is 1. The minimum absolute atomic E-state index is 0.203. The number of morpholine rings is 1. The molecule has 0 atom stereocenters. The number of carbonyl (C=O) groups is 1. The third-order valence-corrected chi connectivity index (χ3v) is 3.23. The van der Waals surface area contributed by atoms with Crippen molar-refractivity contribution in [2.75, 3.05) is 26.3 Å². The lowest BCUT2D eigenvalue weighted by molar-refractivity contribution is 0.0301. The highest BCUT2D eigenvalue weighted by Crippen LogP contribution is 2.08. The molecule has 1 N–H and O–H groups in total. The normalized spacial score (nSPS) is 15.8. The van der Waals surface area contributed by atoms with Gasteiger partial charge in [0.05, 0.1) is 13.2 Å². The third-order valence-electron chi connectivity index (χ3n) is 3.23. The van der Waals surface area contributed by atoms with E-state index in [1.807, 2.05) is 13.8 Å². The molecule has 1 amide bonds. The molecule has 1 aromatic heterocycles. The summed E-state index contributed by atoms with van der Waals surface area (Å²) in [6.45, 7) is 6.05. The molecule has 0 saturated carbocycles. The Hall–Kier alpha value is -1.62. The quantitative estimate of drug-likeness (QED) is 0.841. The number of aromatic nitrogens is 1. The SMILES string of the molecule is CCc1[nH]c(=O)c(C(=O)N2CCOCC2)cc1C. The monoisotopic (exact) mass is 250 g/mol. The molecule has 98 valence electrons. The summed E-state index contributed by atoms with van der Waals surface area (Å²) in [4.78, 5) is 28.6. The van der Waals surface area contributed by atoms with E-state index < -0.39 is 0 Å². The lowest BCUT2D eigenvalue weighted by Gasteiger charge is -2.26. The fourth-order valence-electron chi connectivity index (χ4n) is 2.14. The maximum Gasteiger partial charge on any atom is 0.261 e. The molecule has 5 heteroatoms. The maximum atomic E-state index is 12.2. The predicted octanol–water partition coefficient (Wildman–Crippen LogP) is 0.718. The molecule has 0 unspecified atom stereocenters. The largest absolute Gasteiger partial charge is 0.378 e. The Bertz CT molecular complexity index is 501. The smallest absolute Gasteiger partial charge is 0.261 e. The van der Waals surface area contributed by atoms with Crippen LogP contribution in [-0.4, -0.2) is 42.1 Å². The third kappa shape index (κ3) is 2.46. The summed E-state index contributed by atoms with van der Waals surface area (Å²) in [5.41, 5.74) is 1.77. The Labute approximate surface area is 106 Å². The minimum Gasteiger partial charge on any atom is -0.378 e. The van der Waals surface area contributed by atoms with Crippen LogP contribution in [0.2, 0.25) is 0 Å². The Morgan fingerprint density at radius 2 is 2.11 bits per heavy atom. The molecule has 1 aliphatic heterocycles. The number of nitrogens with one attached hydrogen (secondary N) is 1. The molecule has 0 radical (unpaired) electrons. The fourth-order valence-corrected chi connectivity index (χ4v) is 2.14. The number of hydrogen-bond acceptors (Lipinski definition) is 3. The van der Waals surface area contributed by atoms with Gasteiger partial charge in [-0.15, -0.1) is 0 Å². The van der Waals surface area contributed by atoms with Gasteiger partial charge >= 0.3 is 0 Å². The summed E-state index contributed by atoms with van der Waals surface area (Å²) in [6.07, 6.45) is 0.757. The number of aryl methyl sites for hydroxylation is 2. The molecule has 18 heavy (non-hydrogen) atoms. The van der Waals surface area contributed by atoms with Gasteiger partial charge in [-0.05, 0) is 25.0 Å². The molecule has 1 fully saturated rings. The highest BCUT2D eigenvalue weighted by atomic mass is 16.5. The lowest BCUT2D eigenvalue weighted by Crippen LogP contribution is -2.42. The molecule has 5 nitrogen and oxygen atoms in total. The van der Waals surface area contributed by atoms with Crippen LogP contribution in [-0.2, 0) is 11.2 Å². The molecule has 0 spiro atoms. The van der Waals surface area contributed by atoms with Gasteiger partial charge < -0.3 is 14.6 Å². The second-order valence-electron chi connectivity index (χ2n) is 4.43. The van der Waals surface area contributed by atoms with Crippen LogP contribution in [0.15, 0.2) is 10.9 Å². The fraction of sp³-hybridized carbons (Fsp3) is 0.538. The first-order valence-electron chi connectivity index (χ1n) is 6.23. The van der Waals surface area contributed by atoms with E-state index in [0.717, 1.165) is 17.7 Å². The molecule has 0 aliphatic carbocycles. The number of carbonyl (C=O) groups excluding carboxylic acids is 1. The number of hydrogen-bond donors (Lipinski definition) is 1. The van der Waals surface area contributed by atoms with Crippen molar-refractivity contribution in [3.8, 4) is 0 Å². The van der Waals surface area contributed by atoms with Crippen LogP contribution in [0.5, 0.6) is 0 Å². The summed E-state index contributed by atoms with van der Waals surface area (Å²) in [6, 6.07) is 1.69. The van der Waals surface area contributed by atoms with Gasteiger partial charge in [-0.3, -0.25) is 9.59 Å². The van der Waals surface area contributed by atoms with Crippen molar-refractivity contribution in [2.24, 2.45) is 0 Å². The highest BCUT2D eigenvalue weighted by Gasteiger charge is 2.21. The Morgan fingerprint density at radius 1 is 1.44 bits per heavy atom. The van der Waals surface area contributed by atoms with E-state index >= 15 is 0 Å². The van der Waals surface area contributed by atoms with Gasteiger partial charge in [0.1, 0.15) is 5.56 Å². The van der Waals surface area contributed by atoms with Crippen LogP contribution in [0.4, 0.5) is 0 Å². The van der Waals surface area contributed by atoms with E-state index in [4.69, 9.17) is 4.74 Å². The first kappa shape index (κ1) is 12.8. The summed E-state index contributed by atoms with van der Waals surface area (Å²) in [7, 11) is 0. The highest BCUT2D eigenvalue weighted by molar-refractivity contribution is 5.94. The molecular weight excluding hydrogens is 232 g/mol. The van der Waals surface area contributed by atoms with Crippen molar-refractivity contribution < 1.29 is 9.53 Å². The van der Waals surface area contributed by atoms with Gasteiger partial charge in [-0.1, -0.05) is 6.92 Å². The van der Waals surface area contributed by atoms with Gasteiger partial charge in [0.25, 0.3) is 11.5 Å². The molecule has 2 heterocycles. The van der Waals surface area contributed by atoms with Crippen LogP contribution in [0, 0.1) is 6.92 Å². The van der Waals surface area contributed by atoms with Crippen molar-refractivity contribution in [2.45, 2.75) is 20.3 Å². The van der Waals surface area contributed by atoms with E-state index in [2.05, 4.69) is 4.98 Å². The number of nitrogens with zero attached hydrogens (tertiary/aromatic N) is 1. The average Bonchev–Trinajstić information content (AvgIpc) is 2.41. The first-order chi connectivity index (χ1) is 8.63. The summed E-state index contributed by atoms with van der Waals surface area (Å²) < 4.78 is 5.20. The summed E-state index contributed by atoms with van der Waals surface area (Å²) in [5.74, 6) is -0.203. The summed E-state index contributed by atoms with van der Waals surface area (Å²) >= 11 is 0. The molecule has 1 aliphatic rings. The zero-order valence-corrected chi connectivity index (χ0v) is 10.8. The van der Waals surface area contributed by atoms with Gasteiger partial charge in [0.2, 0.25) is 0 Å². The molecule has 0 aromatic carbocycles. The number of amides is 1. The minimum atomic E-state index is -0.297. The van der Waals surface area contributed by atoms with Crippen LogP contribution < -0.4 is 5.56 Å². The zero-order chi connectivity index (χ0) is 13.1. The van der Waals surface area contributed by atoms with Crippen LogP contribution in [0.3, 0.4) is 0 Å². The van der Waals surface area contributed by atoms with E-state index in [1.54, 1.807) is 11.0 Å². The van der Waals surface area contributed by atoms with E-state index in [0.29, 0.717) is 26.3 Å². The van der Waals surface area contributed by atoms with Gasteiger partial charge in [0, 0.05) is 18.8 Å². The predicted molar refractivity (Wildman–Crippen MR) is 67.9 cm³/mol. The van der Waals surface area contributed by atoms with Crippen LogP contribution in [0.1, 0.15) is 28.5 Å².